The number of nitrogens with zero attached hydrogens (tertiary/aromatic N) is 1. The van der Waals surface area contributed by atoms with Crippen molar-refractivity contribution in [2.45, 2.75) is 25.7 Å². The van der Waals surface area contributed by atoms with Crippen molar-refractivity contribution in [1.29, 1.82) is 0 Å². The van der Waals surface area contributed by atoms with E-state index >= 15 is 0 Å². The third-order valence-electron chi connectivity index (χ3n) is 4.45. The van der Waals surface area contributed by atoms with E-state index in [2.05, 4.69) is 19.9 Å². The smallest absolute Gasteiger partial charge is 0.258 e. The maximum absolute atomic E-state index is 12.9. The SMILES string of the molecule is COc1cccc(C(=O)N2CCC(C)(C)c3ccccc32)c1. The predicted octanol–water partition coefficient (Wildman–Crippen LogP) is 4.02. The number of carbonyl (C=O) groups excluding carboxylic acids is 1. The van der Waals surface area contributed by atoms with Crippen molar-refractivity contribution >= 4 is 11.6 Å². The van der Waals surface area contributed by atoms with Crippen molar-refractivity contribution in [2.24, 2.45) is 0 Å². The summed E-state index contributed by atoms with van der Waals surface area (Å²) in [4.78, 5) is 14.8. The second-order valence-corrected chi connectivity index (χ2v) is 6.34. The van der Waals surface area contributed by atoms with E-state index in [4.69, 9.17) is 4.74 Å². The summed E-state index contributed by atoms with van der Waals surface area (Å²) >= 11 is 0. The summed E-state index contributed by atoms with van der Waals surface area (Å²) in [5.41, 5.74) is 3.01. The van der Waals surface area contributed by atoms with Gasteiger partial charge in [0.15, 0.2) is 0 Å². The van der Waals surface area contributed by atoms with Gasteiger partial charge in [0.25, 0.3) is 5.91 Å². The first-order valence-corrected chi connectivity index (χ1v) is 7.58. The van der Waals surface area contributed by atoms with Gasteiger partial charge in [0, 0.05) is 17.8 Å². The summed E-state index contributed by atoms with van der Waals surface area (Å²) < 4.78 is 5.22. The molecule has 0 saturated carbocycles. The zero-order chi connectivity index (χ0) is 15.7. The van der Waals surface area contributed by atoms with E-state index in [1.165, 1.54) is 5.56 Å². The zero-order valence-electron chi connectivity index (χ0n) is 13.3. The molecule has 0 fully saturated rings. The Balaban J connectivity index is 2.00. The van der Waals surface area contributed by atoms with Gasteiger partial charge in [-0.15, -0.1) is 0 Å². The first kappa shape index (κ1) is 14.6. The highest BCUT2D eigenvalue weighted by Gasteiger charge is 2.33. The molecule has 0 unspecified atom stereocenters. The molecule has 114 valence electrons. The van der Waals surface area contributed by atoms with Crippen molar-refractivity contribution < 1.29 is 9.53 Å². The second-order valence-electron chi connectivity index (χ2n) is 6.34. The lowest BCUT2D eigenvalue weighted by atomic mass is 9.77. The number of hydrogen-bond acceptors (Lipinski definition) is 2. The maximum atomic E-state index is 12.9. The van der Waals surface area contributed by atoms with Crippen LogP contribution in [0.5, 0.6) is 5.75 Å². The molecular weight excluding hydrogens is 274 g/mol. The molecule has 1 aliphatic heterocycles. The Kier molecular flexibility index (Phi) is 3.65. The average molecular weight is 295 g/mol. The van der Waals surface area contributed by atoms with Crippen LogP contribution in [0.3, 0.4) is 0 Å². The minimum atomic E-state index is 0.0295. The highest BCUT2D eigenvalue weighted by atomic mass is 16.5. The standard InChI is InChI=1S/C19H21NO2/c1-19(2)11-12-20(17-10-5-4-9-16(17)19)18(21)14-7-6-8-15(13-14)22-3/h4-10,13H,11-12H2,1-3H3. The Morgan fingerprint density at radius 3 is 2.68 bits per heavy atom. The van der Waals surface area contributed by atoms with Crippen molar-refractivity contribution in [1.82, 2.24) is 0 Å². The molecule has 1 aliphatic rings. The normalized spacial score (nSPS) is 16.0. The van der Waals surface area contributed by atoms with E-state index in [0.29, 0.717) is 11.3 Å². The van der Waals surface area contributed by atoms with E-state index in [0.717, 1.165) is 18.7 Å². The molecule has 2 aromatic carbocycles. The van der Waals surface area contributed by atoms with E-state index in [1.807, 2.05) is 41.3 Å². The van der Waals surface area contributed by atoms with Crippen LogP contribution in [0, 0.1) is 0 Å². The fourth-order valence-electron chi connectivity index (χ4n) is 3.05. The van der Waals surface area contributed by atoms with E-state index in [-0.39, 0.29) is 11.3 Å². The number of methoxy groups -OCH3 is 1. The van der Waals surface area contributed by atoms with Crippen LogP contribution in [0.15, 0.2) is 48.5 Å². The van der Waals surface area contributed by atoms with Gasteiger partial charge < -0.3 is 9.64 Å². The summed E-state index contributed by atoms with van der Waals surface area (Å²) in [6, 6.07) is 15.5. The lowest BCUT2D eigenvalue weighted by Crippen LogP contribution is -2.41. The minimum absolute atomic E-state index is 0.0295. The summed E-state index contributed by atoms with van der Waals surface area (Å²) in [6.07, 6.45) is 0.958. The monoisotopic (exact) mass is 295 g/mol. The molecule has 0 atom stereocenters. The second kappa shape index (κ2) is 5.48. The van der Waals surface area contributed by atoms with Crippen LogP contribution in [0.2, 0.25) is 0 Å². The van der Waals surface area contributed by atoms with Crippen LogP contribution < -0.4 is 9.64 Å². The van der Waals surface area contributed by atoms with Crippen molar-refractivity contribution in [3.05, 3.63) is 59.7 Å². The highest BCUT2D eigenvalue weighted by Crippen LogP contribution is 2.39. The van der Waals surface area contributed by atoms with Crippen molar-refractivity contribution in [2.75, 3.05) is 18.6 Å². The molecule has 0 N–H and O–H groups in total. The molecule has 0 saturated heterocycles. The van der Waals surface area contributed by atoms with Crippen molar-refractivity contribution in [3.8, 4) is 5.75 Å². The van der Waals surface area contributed by atoms with E-state index < -0.39 is 0 Å². The third kappa shape index (κ3) is 2.47. The number of ether oxygens (including phenoxy) is 1. The molecule has 0 radical (unpaired) electrons. The number of fused-ring (bicyclic) bond motifs is 1. The number of para-hydroxylation sites is 1. The number of rotatable bonds is 2. The topological polar surface area (TPSA) is 29.5 Å². The number of benzene rings is 2. The van der Waals surface area contributed by atoms with Gasteiger partial charge in [-0.2, -0.15) is 0 Å². The number of hydrogen-bond donors (Lipinski definition) is 0. The van der Waals surface area contributed by atoms with Crippen LogP contribution in [0.25, 0.3) is 0 Å². The number of anilines is 1. The van der Waals surface area contributed by atoms with Crippen LogP contribution in [0.4, 0.5) is 5.69 Å². The highest BCUT2D eigenvalue weighted by molar-refractivity contribution is 6.07. The Bertz CT molecular complexity index is 706. The van der Waals surface area contributed by atoms with E-state index in [1.54, 1.807) is 13.2 Å². The van der Waals surface area contributed by atoms with Gasteiger partial charge in [-0.05, 0) is 41.7 Å². The molecule has 3 rings (SSSR count). The Hall–Kier alpha value is -2.29. The minimum Gasteiger partial charge on any atom is -0.497 e. The molecule has 0 spiro atoms. The lowest BCUT2D eigenvalue weighted by molar-refractivity contribution is 0.0982. The predicted molar refractivity (Wildman–Crippen MR) is 88.8 cm³/mol. The number of amides is 1. The largest absolute Gasteiger partial charge is 0.497 e. The van der Waals surface area contributed by atoms with E-state index in [9.17, 15) is 4.79 Å². The molecule has 1 heterocycles. The fraction of sp³-hybridized carbons (Fsp3) is 0.316. The Labute approximate surface area is 131 Å². The van der Waals surface area contributed by atoms with Gasteiger partial charge in [0.05, 0.1) is 7.11 Å². The molecule has 22 heavy (non-hydrogen) atoms. The van der Waals surface area contributed by atoms with Crippen molar-refractivity contribution in [3.63, 3.8) is 0 Å². The Morgan fingerprint density at radius 2 is 1.91 bits per heavy atom. The van der Waals surface area contributed by atoms with Gasteiger partial charge in [-0.1, -0.05) is 38.1 Å². The molecule has 3 nitrogen and oxygen atoms in total. The summed E-state index contributed by atoms with van der Waals surface area (Å²) in [5, 5.41) is 0. The zero-order valence-corrected chi connectivity index (χ0v) is 13.3. The number of carbonyl (C=O) groups is 1. The molecule has 1 amide bonds. The quantitative estimate of drug-likeness (QED) is 0.837. The van der Waals surface area contributed by atoms with Gasteiger partial charge >= 0.3 is 0 Å². The lowest BCUT2D eigenvalue weighted by Gasteiger charge is -2.39. The van der Waals surface area contributed by atoms with Gasteiger partial charge in [0.1, 0.15) is 5.75 Å². The first-order valence-electron chi connectivity index (χ1n) is 7.58. The summed E-state index contributed by atoms with van der Waals surface area (Å²) in [5.74, 6) is 0.735. The summed E-state index contributed by atoms with van der Waals surface area (Å²) in [7, 11) is 1.61. The maximum Gasteiger partial charge on any atom is 0.258 e. The fourth-order valence-corrected chi connectivity index (χ4v) is 3.05. The van der Waals surface area contributed by atoms with Crippen LogP contribution in [0.1, 0.15) is 36.2 Å². The third-order valence-corrected chi connectivity index (χ3v) is 4.45. The Morgan fingerprint density at radius 1 is 1.14 bits per heavy atom. The molecule has 0 aromatic heterocycles. The van der Waals surface area contributed by atoms with Gasteiger partial charge in [0.2, 0.25) is 0 Å². The average Bonchev–Trinajstić information content (AvgIpc) is 2.55. The first-order chi connectivity index (χ1) is 10.5. The molecular formula is C19H21NO2. The molecule has 3 heteroatoms. The van der Waals surface area contributed by atoms with Crippen LogP contribution in [-0.2, 0) is 5.41 Å². The summed E-state index contributed by atoms with van der Waals surface area (Å²) in [6.45, 7) is 5.21. The van der Waals surface area contributed by atoms with Gasteiger partial charge in [-0.3, -0.25) is 4.79 Å². The molecule has 2 aromatic rings. The van der Waals surface area contributed by atoms with Crippen LogP contribution >= 0.6 is 0 Å². The van der Waals surface area contributed by atoms with Gasteiger partial charge in [-0.25, -0.2) is 0 Å². The van der Waals surface area contributed by atoms with Crippen LogP contribution in [-0.4, -0.2) is 19.6 Å². The molecule has 0 aliphatic carbocycles. The molecule has 0 bridgehead atoms.